The highest BCUT2D eigenvalue weighted by atomic mass is 14.4. The van der Waals surface area contributed by atoms with Gasteiger partial charge < -0.3 is 0 Å². The molecule has 0 nitrogen and oxygen atoms in total. The van der Waals surface area contributed by atoms with Gasteiger partial charge in [0, 0.05) is 0 Å². The van der Waals surface area contributed by atoms with Crippen LogP contribution in [0, 0.1) is 23.7 Å². The quantitative estimate of drug-likeness (QED) is 0.503. The summed E-state index contributed by atoms with van der Waals surface area (Å²) >= 11 is 0. The van der Waals surface area contributed by atoms with Gasteiger partial charge in [-0.1, -0.05) is 24.0 Å². The van der Waals surface area contributed by atoms with Crippen molar-refractivity contribution in [1.82, 2.24) is 0 Å². The zero-order valence-electron chi connectivity index (χ0n) is 9.55. The van der Waals surface area contributed by atoms with Gasteiger partial charge in [0.1, 0.15) is 0 Å². The van der Waals surface area contributed by atoms with E-state index in [0.717, 1.165) is 23.7 Å². The summed E-state index contributed by atoms with van der Waals surface area (Å²) in [4.78, 5) is 0. The molecule has 4 bridgehead atoms. The number of hydrogen-bond donors (Lipinski definition) is 0. The molecule has 4 aliphatic carbocycles. The Balaban J connectivity index is 2.04. The highest BCUT2D eigenvalue weighted by Crippen LogP contribution is 2.50. The molecule has 0 aromatic carbocycles. The molecule has 0 aromatic heterocycles. The van der Waals surface area contributed by atoms with Crippen LogP contribution in [0.25, 0.3) is 0 Å². The Morgan fingerprint density at radius 3 is 1.43 bits per heavy atom. The van der Waals surface area contributed by atoms with Crippen molar-refractivity contribution in [1.29, 1.82) is 0 Å². The first kappa shape index (κ1) is 9.00. The lowest BCUT2D eigenvalue weighted by atomic mass is 9.82. The third-order valence-corrected chi connectivity index (χ3v) is 5.30. The van der Waals surface area contributed by atoms with Gasteiger partial charge in [0.2, 0.25) is 0 Å². The smallest absolute Gasteiger partial charge is 0.0198 e. The summed E-state index contributed by atoms with van der Waals surface area (Å²) in [5, 5.41) is 0. The predicted molar refractivity (Wildman–Crippen MR) is 60.0 cm³/mol. The normalized spacial score (nSPS) is 46.7. The van der Waals surface area contributed by atoms with Crippen molar-refractivity contribution in [3.8, 4) is 0 Å². The Morgan fingerprint density at radius 1 is 0.714 bits per heavy atom. The molecule has 0 aromatic rings. The van der Waals surface area contributed by atoms with Crippen molar-refractivity contribution in [3.05, 3.63) is 11.1 Å². The van der Waals surface area contributed by atoms with E-state index in [9.17, 15) is 0 Å². The minimum atomic E-state index is 0.972. The lowest BCUT2D eigenvalue weighted by Crippen LogP contribution is -2.12. The van der Waals surface area contributed by atoms with E-state index in [1.165, 1.54) is 38.5 Å². The van der Waals surface area contributed by atoms with Gasteiger partial charge in [-0.25, -0.2) is 0 Å². The van der Waals surface area contributed by atoms with Crippen molar-refractivity contribution in [2.45, 2.75) is 52.4 Å². The molecule has 14 heavy (non-hydrogen) atoms. The van der Waals surface area contributed by atoms with Gasteiger partial charge in [0.25, 0.3) is 0 Å². The maximum atomic E-state index is 2.42. The second-order valence-corrected chi connectivity index (χ2v) is 6.01. The van der Waals surface area contributed by atoms with Crippen molar-refractivity contribution in [3.63, 3.8) is 0 Å². The molecule has 2 saturated carbocycles. The fourth-order valence-electron chi connectivity index (χ4n) is 4.29. The van der Waals surface area contributed by atoms with Gasteiger partial charge in [-0.2, -0.15) is 0 Å². The number of hydrogen-bond acceptors (Lipinski definition) is 0. The second-order valence-electron chi connectivity index (χ2n) is 6.01. The highest BCUT2D eigenvalue weighted by molar-refractivity contribution is 5.21. The number of allylic oxidation sites excluding steroid dienone is 2. The fraction of sp³-hybridized carbons (Fsp3) is 0.857. The van der Waals surface area contributed by atoms with Gasteiger partial charge in [-0.05, 0) is 63.2 Å². The Labute approximate surface area is 87.8 Å². The van der Waals surface area contributed by atoms with E-state index < -0.39 is 0 Å². The first-order valence-corrected chi connectivity index (χ1v) is 6.41. The van der Waals surface area contributed by atoms with Crippen LogP contribution in [0.5, 0.6) is 0 Å². The average Bonchev–Trinajstić information content (AvgIpc) is 2.52. The summed E-state index contributed by atoms with van der Waals surface area (Å²) in [7, 11) is 0. The van der Waals surface area contributed by atoms with Gasteiger partial charge in [0.05, 0.1) is 0 Å². The molecule has 0 spiro atoms. The first-order valence-electron chi connectivity index (χ1n) is 6.41. The standard InChI is InChI=1S/C14H22/c1-9-10(2)14-7-11-3-4-12(8-14)6-13(9)5-11/h11-14H,3-8H2,1-2H3. The molecule has 4 rings (SSSR count). The van der Waals surface area contributed by atoms with Crippen LogP contribution in [-0.4, -0.2) is 0 Å². The van der Waals surface area contributed by atoms with Crippen LogP contribution >= 0.6 is 0 Å². The summed E-state index contributed by atoms with van der Waals surface area (Å²) in [5.74, 6) is 4.09. The maximum Gasteiger partial charge on any atom is -0.0198 e. The van der Waals surface area contributed by atoms with E-state index in [4.69, 9.17) is 0 Å². The van der Waals surface area contributed by atoms with Crippen molar-refractivity contribution >= 4 is 0 Å². The summed E-state index contributed by atoms with van der Waals surface area (Å²) in [6, 6.07) is 0. The Morgan fingerprint density at radius 2 is 1.07 bits per heavy atom. The molecule has 0 N–H and O–H groups in total. The molecular weight excluding hydrogens is 168 g/mol. The molecule has 0 heteroatoms. The van der Waals surface area contributed by atoms with Crippen molar-refractivity contribution < 1.29 is 0 Å². The summed E-state index contributed by atoms with van der Waals surface area (Å²) in [5.41, 5.74) is 3.56. The van der Waals surface area contributed by atoms with Crippen LogP contribution in [-0.2, 0) is 0 Å². The van der Waals surface area contributed by atoms with Gasteiger partial charge in [0.15, 0.2) is 0 Å². The lowest BCUT2D eigenvalue weighted by molar-refractivity contribution is 0.310. The van der Waals surface area contributed by atoms with E-state index in [-0.39, 0.29) is 0 Å². The van der Waals surface area contributed by atoms with Crippen molar-refractivity contribution in [2.75, 3.05) is 0 Å². The molecule has 0 atom stereocenters. The largest absolute Gasteiger partial charge is 0.0710 e. The summed E-state index contributed by atoms with van der Waals surface area (Å²) in [6.45, 7) is 4.84. The molecule has 2 fully saturated rings. The zero-order valence-corrected chi connectivity index (χ0v) is 9.55. The molecule has 0 radical (unpaired) electrons. The zero-order chi connectivity index (χ0) is 9.71. The van der Waals surface area contributed by atoms with Gasteiger partial charge in [-0.15, -0.1) is 0 Å². The third-order valence-electron chi connectivity index (χ3n) is 5.30. The Kier molecular flexibility index (Phi) is 2.00. The predicted octanol–water partition coefficient (Wildman–Crippen LogP) is 4.17. The molecule has 0 aliphatic heterocycles. The lowest BCUT2D eigenvalue weighted by Gasteiger charge is -2.23. The minimum absolute atomic E-state index is 0.972. The third kappa shape index (κ3) is 1.26. The molecule has 0 saturated heterocycles. The first-order chi connectivity index (χ1) is 6.74. The molecule has 4 aliphatic rings. The number of fused-ring (bicyclic) bond motifs is 1. The molecular formula is C14H22. The van der Waals surface area contributed by atoms with E-state index >= 15 is 0 Å². The van der Waals surface area contributed by atoms with Crippen LogP contribution in [0.15, 0.2) is 11.1 Å². The van der Waals surface area contributed by atoms with Crippen LogP contribution in [0.1, 0.15) is 52.4 Å². The molecule has 0 amide bonds. The van der Waals surface area contributed by atoms with Crippen LogP contribution in [0.2, 0.25) is 0 Å². The monoisotopic (exact) mass is 190 g/mol. The van der Waals surface area contributed by atoms with E-state index in [0.29, 0.717) is 0 Å². The summed E-state index contributed by atoms with van der Waals surface area (Å²) < 4.78 is 0. The SMILES string of the molecule is CC1=C(C)C2CC3CCC(CC1C3)C2. The Hall–Kier alpha value is -0.260. The van der Waals surface area contributed by atoms with E-state index in [2.05, 4.69) is 13.8 Å². The van der Waals surface area contributed by atoms with Crippen LogP contribution in [0.3, 0.4) is 0 Å². The topological polar surface area (TPSA) is 0 Å². The maximum absolute atomic E-state index is 2.42. The van der Waals surface area contributed by atoms with Crippen molar-refractivity contribution in [2.24, 2.45) is 23.7 Å². The van der Waals surface area contributed by atoms with Crippen LogP contribution in [0.4, 0.5) is 0 Å². The number of rotatable bonds is 0. The average molecular weight is 190 g/mol. The second kappa shape index (κ2) is 3.12. The van der Waals surface area contributed by atoms with Crippen LogP contribution < -0.4 is 0 Å². The van der Waals surface area contributed by atoms with Gasteiger partial charge in [-0.3, -0.25) is 0 Å². The molecule has 78 valence electrons. The van der Waals surface area contributed by atoms with Gasteiger partial charge >= 0.3 is 0 Å². The highest BCUT2D eigenvalue weighted by Gasteiger charge is 2.37. The fourth-order valence-corrected chi connectivity index (χ4v) is 4.29. The van der Waals surface area contributed by atoms with E-state index in [1.54, 1.807) is 11.1 Å². The Bertz CT molecular complexity index is 234. The minimum Gasteiger partial charge on any atom is -0.0710 e. The molecule has 0 heterocycles. The summed E-state index contributed by atoms with van der Waals surface area (Å²) in [6.07, 6.45) is 9.18. The van der Waals surface area contributed by atoms with E-state index in [1.807, 2.05) is 0 Å². The molecule has 0 unspecified atom stereocenters.